The lowest BCUT2D eigenvalue weighted by atomic mass is 9.78. The van der Waals surface area contributed by atoms with Gasteiger partial charge in [0, 0.05) is 12.3 Å². The van der Waals surface area contributed by atoms with Gasteiger partial charge in [-0.2, -0.15) is 0 Å². The molecule has 3 rings (SSSR count). The van der Waals surface area contributed by atoms with Gasteiger partial charge in [0.25, 0.3) is 0 Å². The molecule has 2 fully saturated rings. The van der Waals surface area contributed by atoms with Gasteiger partial charge in [0.1, 0.15) is 11.5 Å². The van der Waals surface area contributed by atoms with Crippen molar-refractivity contribution in [2.24, 2.45) is 11.8 Å². The number of carboxylic acid groups (broad SMARTS) is 1. The number of allylic oxidation sites excluding steroid dienone is 2. The Kier molecular flexibility index (Phi) is 8.19. The van der Waals surface area contributed by atoms with Crippen molar-refractivity contribution in [2.45, 2.75) is 50.7 Å². The van der Waals surface area contributed by atoms with Gasteiger partial charge in [-0.1, -0.05) is 48.6 Å². The van der Waals surface area contributed by atoms with E-state index < -0.39 is 17.1 Å². The molecule has 0 aliphatic carbocycles. The number of rotatable bonds is 11. The quantitative estimate of drug-likeness (QED) is 0.337. The molecule has 4 nitrogen and oxygen atoms in total. The molecule has 0 aromatic heterocycles. The van der Waals surface area contributed by atoms with Crippen LogP contribution < -0.4 is 0 Å². The van der Waals surface area contributed by atoms with Crippen LogP contribution in [0.2, 0.25) is 0 Å². The molecule has 1 N–H and O–H groups in total. The van der Waals surface area contributed by atoms with Crippen molar-refractivity contribution in [1.82, 2.24) is 0 Å². The van der Waals surface area contributed by atoms with Crippen LogP contribution in [-0.2, 0) is 20.7 Å². The summed E-state index contributed by atoms with van der Waals surface area (Å²) in [5, 5.41) is 8.68. The highest BCUT2D eigenvalue weighted by Crippen LogP contribution is 2.45. The van der Waals surface area contributed by atoms with E-state index in [1.807, 2.05) is 42.5 Å². The zero-order valence-corrected chi connectivity index (χ0v) is 17.1. The predicted molar refractivity (Wildman–Crippen MR) is 113 cm³/mol. The maximum absolute atomic E-state index is 12.6. The largest absolute Gasteiger partial charge is 0.616 e. The molecule has 1 unspecified atom stereocenters. The van der Waals surface area contributed by atoms with E-state index in [2.05, 4.69) is 12.2 Å². The third-order valence-electron chi connectivity index (χ3n) is 5.70. The van der Waals surface area contributed by atoms with Gasteiger partial charge < -0.3 is 14.4 Å². The molecular weight excluding hydrogens is 372 g/mol. The monoisotopic (exact) mass is 402 g/mol. The van der Waals surface area contributed by atoms with Crippen molar-refractivity contribution in [1.29, 1.82) is 0 Å². The molecule has 0 radical (unpaired) electrons. The molecule has 2 aliphatic rings. The fourth-order valence-electron chi connectivity index (χ4n) is 4.31. The van der Waals surface area contributed by atoms with Crippen molar-refractivity contribution < 1.29 is 19.2 Å². The molecule has 5 heteroatoms. The van der Waals surface area contributed by atoms with E-state index in [0.717, 1.165) is 31.2 Å². The summed E-state index contributed by atoms with van der Waals surface area (Å²) >= 11 is -0.878. The Balaban J connectivity index is 1.45. The number of carboxylic acids is 1. The van der Waals surface area contributed by atoms with Crippen LogP contribution in [0.3, 0.4) is 0 Å². The summed E-state index contributed by atoms with van der Waals surface area (Å²) in [5.41, 5.74) is 1.13. The van der Waals surface area contributed by atoms with E-state index in [1.165, 1.54) is 0 Å². The SMILES string of the molecule is O=C(O)CCC/C=C\C[C@H]1[C@@H](C[S+]([O-])CC=Cc2ccccc2)[C@H]2CC[C@@H]1O2. The summed E-state index contributed by atoms with van der Waals surface area (Å²) < 4.78 is 18.7. The summed E-state index contributed by atoms with van der Waals surface area (Å²) in [4.78, 5) is 10.6. The molecule has 1 aromatic carbocycles. The fraction of sp³-hybridized carbons (Fsp3) is 0.522. The average Bonchev–Trinajstić information content (AvgIpc) is 3.27. The van der Waals surface area contributed by atoms with E-state index in [-0.39, 0.29) is 12.5 Å². The van der Waals surface area contributed by atoms with Crippen LogP contribution in [0.25, 0.3) is 6.08 Å². The van der Waals surface area contributed by atoms with Crippen molar-refractivity contribution in [2.75, 3.05) is 11.5 Å². The lowest BCUT2D eigenvalue weighted by molar-refractivity contribution is -0.137. The van der Waals surface area contributed by atoms with E-state index in [4.69, 9.17) is 9.84 Å². The Morgan fingerprint density at radius 3 is 2.64 bits per heavy atom. The minimum Gasteiger partial charge on any atom is -0.616 e. The van der Waals surface area contributed by atoms with Crippen LogP contribution in [0.5, 0.6) is 0 Å². The Morgan fingerprint density at radius 2 is 1.89 bits per heavy atom. The first kappa shape index (κ1) is 21.2. The van der Waals surface area contributed by atoms with Crippen LogP contribution in [0.15, 0.2) is 48.6 Å². The Bertz CT molecular complexity index is 672. The van der Waals surface area contributed by atoms with E-state index in [0.29, 0.717) is 35.9 Å². The molecule has 2 bridgehead atoms. The summed E-state index contributed by atoms with van der Waals surface area (Å²) in [7, 11) is 0. The molecule has 1 aromatic rings. The number of hydrogen-bond donors (Lipinski definition) is 1. The topological polar surface area (TPSA) is 69.6 Å². The van der Waals surface area contributed by atoms with Crippen LogP contribution in [0, 0.1) is 11.8 Å². The van der Waals surface area contributed by atoms with Gasteiger partial charge in [-0.05, 0) is 60.8 Å². The Labute approximate surface area is 170 Å². The minimum absolute atomic E-state index is 0.222. The van der Waals surface area contributed by atoms with Crippen LogP contribution in [-0.4, -0.2) is 39.3 Å². The summed E-state index contributed by atoms with van der Waals surface area (Å²) in [5.74, 6) is 1.36. The second kappa shape index (κ2) is 10.8. The lowest BCUT2D eigenvalue weighted by Crippen LogP contribution is -2.33. The van der Waals surface area contributed by atoms with Gasteiger partial charge in [0.15, 0.2) is 0 Å². The predicted octanol–water partition coefficient (Wildman–Crippen LogP) is 4.44. The number of aliphatic carboxylic acids is 1. The van der Waals surface area contributed by atoms with Crippen molar-refractivity contribution in [3.63, 3.8) is 0 Å². The molecule has 152 valence electrons. The number of benzene rings is 1. The molecule has 5 atom stereocenters. The zero-order chi connectivity index (χ0) is 19.8. The van der Waals surface area contributed by atoms with E-state index in [9.17, 15) is 9.35 Å². The van der Waals surface area contributed by atoms with Crippen molar-refractivity contribution in [3.05, 3.63) is 54.1 Å². The minimum atomic E-state index is -0.878. The first-order valence-corrected chi connectivity index (χ1v) is 11.7. The normalized spacial score (nSPS) is 27.8. The molecule has 0 spiro atoms. The highest BCUT2D eigenvalue weighted by Gasteiger charge is 2.49. The van der Waals surface area contributed by atoms with Gasteiger partial charge in [0.05, 0.1) is 12.2 Å². The maximum atomic E-state index is 12.6. The third kappa shape index (κ3) is 6.23. The number of unbranched alkanes of at least 4 members (excludes halogenated alkanes) is 1. The molecule has 2 saturated heterocycles. The van der Waals surface area contributed by atoms with Crippen LogP contribution in [0.4, 0.5) is 0 Å². The first-order chi connectivity index (χ1) is 13.6. The van der Waals surface area contributed by atoms with Gasteiger partial charge in [-0.15, -0.1) is 0 Å². The Hall–Kier alpha value is -1.56. The maximum Gasteiger partial charge on any atom is 0.303 e. The average molecular weight is 403 g/mol. The lowest BCUT2D eigenvalue weighted by Gasteiger charge is -2.27. The van der Waals surface area contributed by atoms with Gasteiger partial charge in [-0.3, -0.25) is 4.79 Å². The fourth-order valence-corrected chi connectivity index (χ4v) is 5.65. The standard InChI is InChI=1S/C23H30O4S/c24-23(25)13-7-2-1-6-12-19-20(22-15-14-21(19)27-22)17-28(26)16-8-11-18-9-4-3-5-10-18/h1,3-6,8-11,19-22H,2,7,12-17H2,(H,24,25)/b6-1-,11-8?/t19-,20+,21-,22+,28?/m0/s1. The summed E-state index contributed by atoms with van der Waals surface area (Å²) in [6.07, 6.45) is 13.7. The summed E-state index contributed by atoms with van der Waals surface area (Å²) in [6, 6.07) is 10.1. The molecule has 2 aliphatic heterocycles. The highest BCUT2D eigenvalue weighted by molar-refractivity contribution is 7.91. The van der Waals surface area contributed by atoms with Crippen LogP contribution >= 0.6 is 0 Å². The van der Waals surface area contributed by atoms with E-state index in [1.54, 1.807) is 0 Å². The highest BCUT2D eigenvalue weighted by atomic mass is 32.2. The van der Waals surface area contributed by atoms with Crippen LogP contribution in [0.1, 0.15) is 44.1 Å². The number of hydrogen-bond acceptors (Lipinski definition) is 3. The number of carbonyl (C=O) groups is 1. The first-order valence-electron chi connectivity index (χ1n) is 10.2. The Morgan fingerprint density at radius 1 is 1.14 bits per heavy atom. The van der Waals surface area contributed by atoms with Crippen molar-refractivity contribution in [3.8, 4) is 0 Å². The third-order valence-corrected chi connectivity index (χ3v) is 7.02. The van der Waals surface area contributed by atoms with Gasteiger partial charge in [0.2, 0.25) is 0 Å². The molecule has 28 heavy (non-hydrogen) atoms. The number of ether oxygens (including phenoxy) is 1. The smallest absolute Gasteiger partial charge is 0.303 e. The van der Waals surface area contributed by atoms with Gasteiger partial charge in [-0.25, -0.2) is 0 Å². The summed E-state index contributed by atoms with van der Waals surface area (Å²) in [6.45, 7) is 0. The van der Waals surface area contributed by atoms with E-state index >= 15 is 0 Å². The zero-order valence-electron chi connectivity index (χ0n) is 16.2. The molecule has 2 heterocycles. The van der Waals surface area contributed by atoms with Gasteiger partial charge >= 0.3 is 5.97 Å². The number of fused-ring (bicyclic) bond motifs is 2. The molecule has 0 saturated carbocycles. The molecular formula is C23H30O4S. The second-order valence-corrected chi connectivity index (χ2v) is 9.24. The molecule has 0 amide bonds. The van der Waals surface area contributed by atoms with Crippen molar-refractivity contribution >= 4 is 23.2 Å². The second-order valence-electron chi connectivity index (χ2n) is 7.70.